The molecule has 1 saturated carbocycles. The van der Waals surface area contributed by atoms with E-state index in [-0.39, 0.29) is 18.9 Å². The van der Waals surface area contributed by atoms with E-state index in [0.29, 0.717) is 38.3 Å². The van der Waals surface area contributed by atoms with Crippen molar-refractivity contribution in [3.63, 3.8) is 0 Å². The first-order valence-electron chi connectivity index (χ1n) is 11.2. The molecule has 1 aliphatic heterocycles. The summed E-state index contributed by atoms with van der Waals surface area (Å²) in [5.74, 6) is -1.15. The molecule has 0 spiro atoms. The standard InChI is InChI=1S/C25H31F2NO4/c26-20-12-21(27)14-22(13-20)32-17-25(31)16-28(11-8-23(25)29)15-24(30)9-6-19(7-10-24)18-4-2-1-3-5-18/h1-5,12-14,19,23,29-31H,6-11,15-17H2/t19?,23-,24?,25-/m0/s1. The van der Waals surface area contributed by atoms with Gasteiger partial charge in [-0.15, -0.1) is 0 Å². The third kappa shape index (κ3) is 5.46. The maximum atomic E-state index is 13.4. The van der Waals surface area contributed by atoms with E-state index in [9.17, 15) is 24.1 Å². The summed E-state index contributed by atoms with van der Waals surface area (Å²) in [7, 11) is 0. The molecule has 2 atom stereocenters. The van der Waals surface area contributed by atoms with Crippen molar-refractivity contribution in [1.29, 1.82) is 0 Å². The van der Waals surface area contributed by atoms with Gasteiger partial charge in [0, 0.05) is 37.8 Å². The van der Waals surface area contributed by atoms with Gasteiger partial charge in [-0.05, 0) is 43.6 Å². The zero-order valence-electron chi connectivity index (χ0n) is 18.1. The lowest BCUT2D eigenvalue weighted by Crippen LogP contribution is -2.62. The van der Waals surface area contributed by atoms with Gasteiger partial charge in [0.05, 0.1) is 11.7 Å². The summed E-state index contributed by atoms with van der Waals surface area (Å²) in [6, 6.07) is 13.2. The highest BCUT2D eigenvalue weighted by molar-refractivity contribution is 5.24. The van der Waals surface area contributed by atoms with Gasteiger partial charge in [-0.1, -0.05) is 30.3 Å². The van der Waals surface area contributed by atoms with E-state index in [1.807, 2.05) is 23.1 Å². The molecule has 0 radical (unpaired) electrons. The molecule has 2 aromatic carbocycles. The molecule has 174 valence electrons. The fraction of sp³-hybridized carbons (Fsp3) is 0.520. The van der Waals surface area contributed by atoms with Crippen LogP contribution in [-0.4, -0.2) is 63.8 Å². The Hall–Kier alpha value is -2.06. The number of benzene rings is 2. The number of aliphatic hydroxyl groups is 3. The SMILES string of the molecule is O[C@H]1CCN(CC2(O)CCC(c3ccccc3)CC2)C[C@]1(O)COc1cc(F)cc(F)c1. The maximum Gasteiger partial charge on any atom is 0.137 e. The fourth-order valence-corrected chi connectivity index (χ4v) is 5.03. The van der Waals surface area contributed by atoms with Crippen LogP contribution in [0.5, 0.6) is 5.75 Å². The van der Waals surface area contributed by atoms with Gasteiger partial charge < -0.3 is 20.1 Å². The Kier molecular flexibility index (Phi) is 6.81. The number of nitrogens with zero attached hydrogens (tertiary/aromatic N) is 1. The average molecular weight is 448 g/mol. The number of hydrogen-bond donors (Lipinski definition) is 3. The van der Waals surface area contributed by atoms with Crippen molar-refractivity contribution < 1.29 is 28.8 Å². The summed E-state index contributed by atoms with van der Waals surface area (Å²) in [5, 5.41) is 32.6. The van der Waals surface area contributed by atoms with Gasteiger partial charge in [0.15, 0.2) is 0 Å². The van der Waals surface area contributed by atoms with Crippen LogP contribution in [0, 0.1) is 11.6 Å². The van der Waals surface area contributed by atoms with Crippen molar-refractivity contribution in [2.45, 2.75) is 55.3 Å². The van der Waals surface area contributed by atoms with Crippen molar-refractivity contribution >= 4 is 0 Å². The number of halogens is 2. The highest BCUT2D eigenvalue weighted by Crippen LogP contribution is 2.39. The van der Waals surface area contributed by atoms with Crippen LogP contribution in [0.3, 0.4) is 0 Å². The number of hydrogen-bond acceptors (Lipinski definition) is 5. The van der Waals surface area contributed by atoms with Crippen molar-refractivity contribution in [2.75, 3.05) is 26.2 Å². The zero-order chi connectivity index (χ0) is 22.8. The maximum absolute atomic E-state index is 13.4. The summed E-state index contributed by atoms with van der Waals surface area (Å²) in [6.45, 7) is 0.749. The Morgan fingerprint density at radius 3 is 2.28 bits per heavy atom. The van der Waals surface area contributed by atoms with Crippen molar-refractivity contribution in [3.8, 4) is 5.75 Å². The molecule has 0 bridgehead atoms. The van der Waals surface area contributed by atoms with Gasteiger partial charge in [0.25, 0.3) is 0 Å². The van der Waals surface area contributed by atoms with Gasteiger partial charge in [0.1, 0.15) is 29.6 Å². The van der Waals surface area contributed by atoms with E-state index in [4.69, 9.17) is 4.74 Å². The van der Waals surface area contributed by atoms with Crippen LogP contribution >= 0.6 is 0 Å². The van der Waals surface area contributed by atoms with Crippen LogP contribution in [-0.2, 0) is 0 Å². The molecule has 1 aliphatic carbocycles. The Morgan fingerprint density at radius 1 is 0.969 bits per heavy atom. The van der Waals surface area contributed by atoms with E-state index >= 15 is 0 Å². The van der Waals surface area contributed by atoms with E-state index in [1.54, 1.807) is 0 Å². The van der Waals surface area contributed by atoms with Crippen molar-refractivity contribution in [3.05, 3.63) is 65.7 Å². The topological polar surface area (TPSA) is 73.2 Å². The summed E-state index contributed by atoms with van der Waals surface area (Å²) in [6.07, 6.45) is 2.43. The Labute approximate surface area is 187 Å². The van der Waals surface area contributed by atoms with Crippen LogP contribution in [0.4, 0.5) is 8.78 Å². The summed E-state index contributed by atoms with van der Waals surface area (Å²) < 4.78 is 32.2. The second-order valence-corrected chi connectivity index (χ2v) is 9.42. The number of β-amino-alcohol motifs (C(OH)–C–C–N with tert-alkyl or cyclic N) is 2. The van der Waals surface area contributed by atoms with Crippen LogP contribution in [0.25, 0.3) is 0 Å². The van der Waals surface area contributed by atoms with E-state index in [2.05, 4.69) is 12.1 Å². The highest BCUT2D eigenvalue weighted by Gasteiger charge is 2.44. The molecule has 2 aromatic rings. The Balaban J connectivity index is 1.34. The molecule has 1 heterocycles. The molecule has 7 heteroatoms. The van der Waals surface area contributed by atoms with E-state index in [0.717, 1.165) is 31.0 Å². The van der Waals surface area contributed by atoms with E-state index in [1.165, 1.54) is 5.56 Å². The number of rotatable bonds is 6. The van der Waals surface area contributed by atoms with E-state index < -0.39 is 28.9 Å². The van der Waals surface area contributed by atoms with Crippen molar-refractivity contribution in [1.82, 2.24) is 4.90 Å². The molecule has 4 rings (SSSR count). The smallest absolute Gasteiger partial charge is 0.137 e. The van der Waals surface area contributed by atoms with Gasteiger partial charge in [-0.3, -0.25) is 4.90 Å². The average Bonchev–Trinajstić information content (AvgIpc) is 2.75. The van der Waals surface area contributed by atoms with Crippen LogP contribution in [0.15, 0.2) is 48.5 Å². The third-order valence-electron chi connectivity index (χ3n) is 6.87. The normalized spacial score (nSPS) is 31.4. The fourth-order valence-electron chi connectivity index (χ4n) is 5.03. The molecule has 3 N–H and O–H groups in total. The summed E-state index contributed by atoms with van der Waals surface area (Å²) in [4.78, 5) is 1.95. The quantitative estimate of drug-likeness (QED) is 0.634. The van der Waals surface area contributed by atoms with Gasteiger partial charge in [-0.25, -0.2) is 8.78 Å². The second kappa shape index (κ2) is 9.43. The monoisotopic (exact) mass is 447 g/mol. The molecular weight excluding hydrogens is 416 g/mol. The Bertz CT molecular complexity index is 884. The molecule has 5 nitrogen and oxygen atoms in total. The minimum Gasteiger partial charge on any atom is -0.490 e. The van der Waals surface area contributed by atoms with Crippen molar-refractivity contribution in [2.24, 2.45) is 0 Å². The predicted molar refractivity (Wildman–Crippen MR) is 116 cm³/mol. The second-order valence-electron chi connectivity index (χ2n) is 9.42. The highest BCUT2D eigenvalue weighted by atomic mass is 19.1. The van der Waals surface area contributed by atoms with Gasteiger partial charge >= 0.3 is 0 Å². The first-order valence-corrected chi connectivity index (χ1v) is 11.2. The summed E-state index contributed by atoms with van der Waals surface area (Å²) in [5.41, 5.74) is -1.14. The molecular formula is C25H31F2NO4. The lowest BCUT2D eigenvalue weighted by Gasteiger charge is -2.46. The number of ether oxygens (including phenoxy) is 1. The van der Waals surface area contributed by atoms with Crippen LogP contribution in [0.1, 0.15) is 43.6 Å². The largest absolute Gasteiger partial charge is 0.490 e. The first kappa shape index (κ1) is 23.1. The van der Waals surface area contributed by atoms with Crippen LogP contribution in [0.2, 0.25) is 0 Å². The third-order valence-corrected chi connectivity index (χ3v) is 6.87. The molecule has 32 heavy (non-hydrogen) atoms. The lowest BCUT2D eigenvalue weighted by atomic mass is 9.75. The molecule has 0 amide bonds. The molecule has 2 fully saturated rings. The molecule has 0 unspecified atom stereocenters. The number of piperidine rings is 1. The van der Waals surface area contributed by atoms with Gasteiger partial charge in [-0.2, -0.15) is 0 Å². The Morgan fingerprint density at radius 2 is 1.62 bits per heavy atom. The number of aliphatic hydroxyl groups excluding tert-OH is 1. The zero-order valence-corrected chi connectivity index (χ0v) is 18.1. The molecule has 1 saturated heterocycles. The minimum absolute atomic E-state index is 0.0434. The molecule has 0 aromatic heterocycles. The minimum atomic E-state index is -1.60. The van der Waals surface area contributed by atoms with Gasteiger partial charge in [0.2, 0.25) is 0 Å². The first-order chi connectivity index (χ1) is 15.2. The summed E-state index contributed by atoms with van der Waals surface area (Å²) >= 11 is 0. The number of likely N-dealkylation sites (tertiary alicyclic amines) is 1. The van der Waals surface area contributed by atoms with Crippen LogP contribution < -0.4 is 4.74 Å². The molecule has 2 aliphatic rings. The lowest BCUT2D eigenvalue weighted by molar-refractivity contribution is -0.150. The predicted octanol–water partition coefficient (Wildman–Crippen LogP) is 3.23.